The van der Waals surface area contributed by atoms with Crippen LogP contribution in [-0.4, -0.2) is 16.2 Å². The Hall–Kier alpha value is -0.930. The summed E-state index contributed by atoms with van der Waals surface area (Å²) >= 11 is 0. The maximum absolute atomic E-state index is 11.9. The van der Waals surface area contributed by atoms with Gasteiger partial charge in [0.05, 0.1) is 12.1 Å². The highest BCUT2D eigenvalue weighted by Gasteiger charge is 2.09. The van der Waals surface area contributed by atoms with Gasteiger partial charge in [0, 0.05) is 13.2 Å². The van der Waals surface area contributed by atoms with E-state index in [0.717, 1.165) is 5.56 Å². The van der Waals surface area contributed by atoms with Crippen molar-refractivity contribution in [1.29, 1.82) is 0 Å². The molecule has 0 aromatic carbocycles. The number of hydrogen-bond acceptors (Lipinski definition) is 1. The molecule has 0 aliphatic rings. The fourth-order valence-electron chi connectivity index (χ4n) is 1.00. The van der Waals surface area contributed by atoms with Crippen LogP contribution in [0.2, 0.25) is 0 Å². The first-order valence-corrected chi connectivity index (χ1v) is 4.37. The Bertz CT molecular complexity index is 244. The number of hydrogen-bond donors (Lipinski definition) is 0. The molecule has 0 radical (unpaired) electrons. The van der Waals surface area contributed by atoms with E-state index in [-0.39, 0.29) is 6.42 Å². The summed E-state index contributed by atoms with van der Waals surface area (Å²) < 4.78 is 25.3. The molecule has 0 bridgehead atoms. The molecule has 0 aliphatic carbocycles. The number of alkyl halides is 2. The van der Waals surface area contributed by atoms with Crippen LogP contribution < -0.4 is 0 Å². The van der Waals surface area contributed by atoms with E-state index in [1.54, 1.807) is 24.9 Å². The van der Waals surface area contributed by atoms with E-state index in [1.165, 1.54) is 0 Å². The van der Waals surface area contributed by atoms with Crippen molar-refractivity contribution in [3.8, 4) is 0 Å². The molecular weight excluding hydrogens is 174 g/mol. The van der Waals surface area contributed by atoms with Crippen LogP contribution in [0.15, 0.2) is 6.20 Å². The van der Waals surface area contributed by atoms with Gasteiger partial charge >= 0.3 is 0 Å². The average molecular weight is 190 g/mol. The van der Waals surface area contributed by atoms with Gasteiger partial charge in [0.25, 0.3) is 0 Å². The fourth-order valence-corrected chi connectivity index (χ4v) is 1.00. The van der Waals surface area contributed by atoms with E-state index in [4.69, 9.17) is 0 Å². The van der Waals surface area contributed by atoms with Crippen molar-refractivity contribution in [1.82, 2.24) is 9.78 Å². The number of aryl methyl sites for hydroxylation is 2. The summed E-state index contributed by atoms with van der Waals surface area (Å²) in [7, 11) is 1.72. The second kappa shape index (κ2) is 5.67. The smallest absolute Gasteiger partial charge is 0.244 e. The van der Waals surface area contributed by atoms with Gasteiger partial charge in [0.2, 0.25) is 6.43 Å². The fraction of sp³-hybridized carbons (Fsp3) is 0.667. The zero-order valence-electron chi connectivity index (χ0n) is 8.51. The normalized spacial score (nSPS) is 9.77. The lowest BCUT2D eigenvalue weighted by atomic mass is 10.2. The third-order valence-corrected chi connectivity index (χ3v) is 1.46. The minimum atomic E-state index is -2.30. The molecule has 1 heterocycles. The lowest BCUT2D eigenvalue weighted by Gasteiger charge is -1.94. The van der Waals surface area contributed by atoms with E-state index in [2.05, 4.69) is 5.10 Å². The number of aromatic nitrogens is 2. The monoisotopic (exact) mass is 190 g/mol. The highest BCUT2D eigenvalue weighted by Crippen LogP contribution is 2.09. The Morgan fingerprint density at radius 3 is 2.31 bits per heavy atom. The lowest BCUT2D eigenvalue weighted by Crippen LogP contribution is -1.99. The number of rotatable bonds is 2. The van der Waals surface area contributed by atoms with Crippen molar-refractivity contribution in [2.75, 3.05) is 0 Å². The van der Waals surface area contributed by atoms with Crippen molar-refractivity contribution in [3.05, 3.63) is 17.5 Å². The molecule has 0 fully saturated rings. The van der Waals surface area contributed by atoms with Gasteiger partial charge < -0.3 is 0 Å². The zero-order chi connectivity index (χ0) is 10.4. The molecule has 1 aromatic heterocycles. The van der Waals surface area contributed by atoms with Crippen molar-refractivity contribution in [2.45, 2.75) is 33.6 Å². The van der Waals surface area contributed by atoms with Gasteiger partial charge in [0.15, 0.2) is 0 Å². The maximum atomic E-state index is 11.9. The lowest BCUT2D eigenvalue weighted by molar-refractivity contribution is 0.147. The molecule has 0 spiro atoms. The van der Waals surface area contributed by atoms with Crippen molar-refractivity contribution >= 4 is 0 Å². The summed E-state index contributed by atoms with van der Waals surface area (Å²) in [5.41, 5.74) is 1.32. The molecule has 1 rings (SSSR count). The van der Waals surface area contributed by atoms with Crippen LogP contribution in [0.1, 0.15) is 25.1 Å². The molecule has 0 saturated carbocycles. The quantitative estimate of drug-likeness (QED) is 0.700. The Balaban J connectivity index is 0.000000671. The summed E-state index contributed by atoms with van der Waals surface area (Å²) in [6.45, 7) is 5.78. The van der Waals surface area contributed by atoms with Gasteiger partial charge in [-0.2, -0.15) is 5.10 Å². The van der Waals surface area contributed by atoms with Gasteiger partial charge in [-0.1, -0.05) is 13.8 Å². The van der Waals surface area contributed by atoms with Gasteiger partial charge in [-0.25, -0.2) is 8.78 Å². The molecule has 76 valence electrons. The van der Waals surface area contributed by atoms with E-state index in [9.17, 15) is 8.78 Å². The first-order chi connectivity index (χ1) is 6.09. The Kier molecular flexibility index (Phi) is 5.26. The second-order valence-corrected chi connectivity index (χ2v) is 2.53. The van der Waals surface area contributed by atoms with Crippen LogP contribution in [0.5, 0.6) is 0 Å². The first-order valence-electron chi connectivity index (χ1n) is 4.37. The van der Waals surface area contributed by atoms with Crippen LogP contribution in [0.3, 0.4) is 0 Å². The van der Waals surface area contributed by atoms with E-state index in [1.807, 2.05) is 13.8 Å². The van der Waals surface area contributed by atoms with Crippen molar-refractivity contribution in [3.63, 3.8) is 0 Å². The third kappa shape index (κ3) is 4.01. The van der Waals surface area contributed by atoms with E-state index >= 15 is 0 Å². The Morgan fingerprint density at radius 2 is 2.00 bits per heavy atom. The molecule has 4 heteroatoms. The minimum absolute atomic E-state index is 0.243. The molecule has 13 heavy (non-hydrogen) atoms. The highest BCUT2D eigenvalue weighted by atomic mass is 19.3. The van der Waals surface area contributed by atoms with Crippen molar-refractivity contribution in [2.24, 2.45) is 7.05 Å². The van der Waals surface area contributed by atoms with E-state index < -0.39 is 6.43 Å². The molecule has 0 amide bonds. The van der Waals surface area contributed by atoms with Crippen molar-refractivity contribution < 1.29 is 8.78 Å². The SMILES string of the molecule is CC.Cc1cn(C)nc1CC(F)F. The molecule has 2 nitrogen and oxygen atoms in total. The average Bonchev–Trinajstić information content (AvgIpc) is 2.33. The van der Waals surface area contributed by atoms with Crippen LogP contribution in [0, 0.1) is 6.92 Å². The number of nitrogens with zero attached hydrogens (tertiary/aromatic N) is 2. The summed E-state index contributed by atoms with van der Waals surface area (Å²) in [6, 6.07) is 0. The van der Waals surface area contributed by atoms with Crippen LogP contribution in [-0.2, 0) is 13.5 Å². The molecule has 0 aliphatic heterocycles. The molecular formula is C9H16F2N2. The molecule has 1 aromatic rings. The molecule has 0 unspecified atom stereocenters. The largest absolute Gasteiger partial charge is 0.275 e. The van der Waals surface area contributed by atoms with E-state index in [0.29, 0.717) is 5.69 Å². The van der Waals surface area contributed by atoms with Crippen LogP contribution in [0.25, 0.3) is 0 Å². The van der Waals surface area contributed by atoms with Gasteiger partial charge in [-0.3, -0.25) is 4.68 Å². The summed E-state index contributed by atoms with van der Waals surface area (Å²) in [5, 5.41) is 3.89. The maximum Gasteiger partial charge on any atom is 0.244 e. The van der Waals surface area contributed by atoms with Crippen LogP contribution >= 0.6 is 0 Å². The standard InChI is InChI=1S/C7H10F2N2.C2H6/c1-5-4-11(2)10-6(5)3-7(8)9;1-2/h4,7H,3H2,1-2H3;1-2H3. The predicted molar refractivity (Wildman–Crippen MR) is 49.0 cm³/mol. The third-order valence-electron chi connectivity index (χ3n) is 1.46. The van der Waals surface area contributed by atoms with Crippen LogP contribution in [0.4, 0.5) is 8.78 Å². The molecule has 0 saturated heterocycles. The highest BCUT2D eigenvalue weighted by molar-refractivity contribution is 5.14. The Morgan fingerprint density at radius 1 is 1.46 bits per heavy atom. The van der Waals surface area contributed by atoms with Gasteiger partial charge in [-0.15, -0.1) is 0 Å². The first kappa shape index (κ1) is 12.1. The topological polar surface area (TPSA) is 17.8 Å². The summed E-state index contributed by atoms with van der Waals surface area (Å²) in [6.07, 6.45) is -0.812. The summed E-state index contributed by atoms with van der Waals surface area (Å²) in [4.78, 5) is 0. The predicted octanol–water partition coefficient (Wildman–Crippen LogP) is 2.56. The molecule has 0 N–H and O–H groups in total. The zero-order valence-corrected chi connectivity index (χ0v) is 8.51. The summed E-state index contributed by atoms with van der Waals surface area (Å²) in [5.74, 6) is 0. The minimum Gasteiger partial charge on any atom is -0.275 e. The molecule has 0 atom stereocenters. The Labute approximate surface area is 77.6 Å². The van der Waals surface area contributed by atoms with Gasteiger partial charge in [-0.05, 0) is 12.5 Å². The second-order valence-electron chi connectivity index (χ2n) is 2.53. The van der Waals surface area contributed by atoms with Gasteiger partial charge in [0.1, 0.15) is 0 Å². The number of halogens is 2.